The van der Waals surface area contributed by atoms with Crippen molar-refractivity contribution in [3.05, 3.63) is 42.2 Å². The van der Waals surface area contributed by atoms with Crippen molar-refractivity contribution in [3.63, 3.8) is 0 Å². The molecule has 1 fully saturated rings. The standard InChI is InChI=1S/C18H18F3N7.CH3I/c19-18(20,21)13-7-3-2-6-12(13)16-24-14(25-17-22-11-23-27-17)10-15(26-16)28-8-4-1-5-9-28;1-2/h2-3,6-7,10-11H,1,4-5,8-9H2,(H2,22,23,24,25,26,27);1H3. The number of benzene rings is 1. The summed E-state index contributed by atoms with van der Waals surface area (Å²) in [5.74, 6) is 1.29. The molecule has 2 aromatic heterocycles. The van der Waals surface area contributed by atoms with E-state index in [1.807, 2.05) is 4.93 Å². The Kier molecular flexibility index (Phi) is 7.45. The second-order valence-electron chi connectivity index (χ2n) is 6.49. The lowest BCUT2D eigenvalue weighted by Crippen LogP contribution is -2.30. The molecule has 1 aromatic carbocycles. The highest BCUT2D eigenvalue weighted by molar-refractivity contribution is 14.1. The third-order valence-corrected chi connectivity index (χ3v) is 4.53. The number of anilines is 3. The summed E-state index contributed by atoms with van der Waals surface area (Å²) in [5.41, 5.74) is -0.828. The van der Waals surface area contributed by atoms with Crippen molar-refractivity contribution in [2.24, 2.45) is 0 Å². The molecule has 1 saturated heterocycles. The first-order chi connectivity index (χ1) is 14.5. The molecule has 0 unspecified atom stereocenters. The lowest BCUT2D eigenvalue weighted by atomic mass is 10.1. The van der Waals surface area contributed by atoms with Gasteiger partial charge in [0.15, 0.2) is 5.82 Å². The molecule has 4 rings (SSSR count). The van der Waals surface area contributed by atoms with E-state index in [1.165, 1.54) is 18.5 Å². The van der Waals surface area contributed by atoms with Crippen LogP contribution in [0.25, 0.3) is 11.4 Å². The molecule has 0 saturated carbocycles. The van der Waals surface area contributed by atoms with Crippen molar-refractivity contribution in [2.45, 2.75) is 25.4 Å². The molecule has 3 heterocycles. The molecule has 11 heteroatoms. The van der Waals surface area contributed by atoms with E-state index in [1.54, 1.807) is 12.1 Å². The smallest absolute Gasteiger partial charge is 0.356 e. The highest BCUT2D eigenvalue weighted by atomic mass is 127. The number of piperidine rings is 1. The fourth-order valence-corrected chi connectivity index (χ4v) is 3.22. The monoisotopic (exact) mass is 531 g/mol. The minimum atomic E-state index is -4.50. The number of hydrogen-bond acceptors (Lipinski definition) is 6. The zero-order chi connectivity index (χ0) is 21.6. The van der Waals surface area contributed by atoms with Gasteiger partial charge in [0.25, 0.3) is 0 Å². The van der Waals surface area contributed by atoms with Gasteiger partial charge in [0, 0.05) is 24.7 Å². The molecular formula is C19H21F3IN7. The minimum Gasteiger partial charge on any atom is -0.356 e. The van der Waals surface area contributed by atoms with Crippen LogP contribution < -0.4 is 10.2 Å². The first kappa shape index (κ1) is 22.2. The topological polar surface area (TPSA) is 82.6 Å². The predicted molar refractivity (Wildman–Crippen MR) is 118 cm³/mol. The van der Waals surface area contributed by atoms with E-state index in [0.717, 1.165) is 38.4 Å². The van der Waals surface area contributed by atoms with Crippen LogP contribution in [-0.2, 0) is 6.18 Å². The lowest BCUT2D eigenvalue weighted by molar-refractivity contribution is -0.137. The van der Waals surface area contributed by atoms with Gasteiger partial charge in [0.05, 0.1) is 5.56 Å². The van der Waals surface area contributed by atoms with Crippen molar-refractivity contribution in [3.8, 4) is 11.4 Å². The van der Waals surface area contributed by atoms with Crippen LogP contribution in [0.15, 0.2) is 36.7 Å². The van der Waals surface area contributed by atoms with Gasteiger partial charge < -0.3 is 10.2 Å². The number of rotatable bonds is 4. The molecule has 3 aromatic rings. The number of halogens is 4. The number of nitrogens with zero attached hydrogens (tertiary/aromatic N) is 5. The number of aromatic amines is 1. The Balaban J connectivity index is 0.00000124. The van der Waals surface area contributed by atoms with Crippen LogP contribution >= 0.6 is 22.6 Å². The Labute approximate surface area is 185 Å². The number of nitrogens with one attached hydrogen (secondary N) is 2. The summed E-state index contributed by atoms with van der Waals surface area (Å²) in [7, 11) is 0. The highest BCUT2D eigenvalue weighted by Crippen LogP contribution is 2.37. The van der Waals surface area contributed by atoms with E-state index >= 15 is 0 Å². The SMILES string of the molecule is CI.FC(F)(F)c1ccccc1-c1nc(Nc2ncn[nH]2)cc(N2CCCCC2)n1. The molecule has 0 amide bonds. The van der Waals surface area contributed by atoms with E-state index in [9.17, 15) is 13.2 Å². The third-order valence-electron chi connectivity index (χ3n) is 4.53. The van der Waals surface area contributed by atoms with Crippen molar-refractivity contribution in [1.29, 1.82) is 0 Å². The molecular weight excluding hydrogens is 510 g/mol. The molecule has 1 aliphatic heterocycles. The molecule has 0 bridgehead atoms. The Hall–Kier alpha value is -2.44. The largest absolute Gasteiger partial charge is 0.417 e. The van der Waals surface area contributed by atoms with E-state index in [4.69, 9.17) is 0 Å². The molecule has 7 nitrogen and oxygen atoms in total. The van der Waals surface area contributed by atoms with E-state index in [0.29, 0.717) is 17.6 Å². The fourth-order valence-electron chi connectivity index (χ4n) is 3.22. The summed E-state index contributed by atoms with van der Waals surface area (Å²) < 4.78 is 40.5. The predicted octanol–water partition coefficient (Wildman–Crippen LogP) is 5.07. The van der Waals surface area contributed by atoms with Crippen LogP contribution in [0.1, 0.15) is 24.8 Å². The van der Waals surface area contributed by atoms with Crippen LogP contribution in [0.3, 0.4) is 0 Å². The number of H-pyrrole nitrogens is 1. The summed E-state index contributed by atoms with van der Waals surface area (Å²) in [5, 5.41) is 9.35. The third kappa shape index (κ3) is 5.37. The van der Waals surface area contributed by atoms with Crippen LogP contribution in [0.5, 0.6) is 0 Å². The molecule has 0 spiro atoms. The molecule has 0 aliphatic carbocycles. The summed E-state index contributed by atoms with van der Waals surface area (Å²) in [6, 6.07) is 7.04. The van der Waals surface area contributed by atoms with Gasteiger partial charge in [-0.3, -0.25) is 0 Å². The molecule has 30 heavy (non-hydrogen) atoms. The minimum absolute atomic E-state index is 0.0120. The molecule has 0 radical (unpaired) electrons. The van der Waals surface area contributed by atoms with Crippen LogP contribution in [0, 0.1) is 0 Å². The van der Waals surface area contributed by atoms with Crippen molar-refractivity contribution < 1.29 is 13.2 Å². The Bertz CT molecular complexity index is 942. The molecule has 0 atom stereocenters. The summed E-state index contributed by atoms with van der Waals surface area (Å²) in [4.78, 5) is 16.8. The fraction of sp³-hybridized carbons (Fsp3) is 0.368. The van der Waals surface area contributed by atoms with Crippen molar-refractivity contribution in [1.82, 2.24) is 25.1 Å². The second-order valence-corrected chi connectivity index (χ2v) is 6.49. The van der Waals surface area contributed by atoms with Gasteiger partial charge in [0.1, 0.15) is 18.0 Å². The average Bonchev–Trinajstić information content (AvgIpc) is 3.28. The van der Waals surface area contributed by atoms with Gasteiger partial charge in [-0.15, -0.1) is 0 Å². The number of alkyl halides is 4. The first-order valence-electron chi connectivity index (χ1n) is 9.31. The molecule has 1 aliphatic rings. The zero-order valence-electron chi connectivity index (χ0n) is 16.2. The summed E-state index contributed by atoms with van der Waals surface area (Å²) >= 11 is 2.15. The summed E-state index contributed by atoms with van der Waals surface area (Å²) in [6.07, 6.45) is -0.00423. The van der Waals surface area contributed by atoms with Gasteiger partial charge >= 0.3 is 6.18 Å². The summed E-state index contributed by atoms with van der Waals surface area (Å²) in [6.45, 7) is 1.61. The van der Waals surface area contributed by atoms with Gasteiger partial charge in [-0.05, 0) is 30.3 Å². The van der Waals surface area contributed by atoms with E-state index < -0.39 is 11.7 Å². The van der Waals surface area contributed by atoms with E-state index in [2.05, 4.69) is 58.0 Å². The van der Waals surface area contributed by atoms with Crippen molar-refractivity contribution >= 4 is 40.2 Å². The van der Waals surface area contributed by atoms with Crippen molar-refractivity contribution in [2.75, 3.05) is 28.2 Å². The van der Waals surface area contributed by atoms with Crippen LogP contribution in [-0.4, -0.2) is 43.2 Å². The normalized spacial score (nSPS) is 14.1. The maximum atomic E-state index is 13.5. The van der Waals surface area contributed by atoms with Gasteiger partial charge in [-0.25, -0.2) is 15.1 Å². The number of aromatic nitrogens is 5. The van der Waals surface area contributed by atoms with Crippen LogP contribution in [0.2, 0.25) is 0 Å². The number of hydrogen-bond donors (Lipinski definition) is 2. The second kappa shape index (κ2) is 10.0. The van der Waals surface area contributed by atoms with E-state index in [-0.39, 0.29) is 11.4 Å². The Morgan fingerprint density at radius 3 is 2.47 bits per heavy atom. The first-order valence-corrected chi connectivity index (χ1v) is 11.5. The lowest BCUT2D eigenvalue weighted by Gasteiger charge is -2.28. The van der Waals surface area contributed by atoms with Gasteiger partial charge in [-0.1, -0.05) is 40.8 Å². The zero-order valence-corrected chi connectivity index (χ0v) is 18.4. The Morgan fingerprint density at radius 1 is 1.07 bits per heavy atom. The highest BCUT2D eigenvalue weighted by Gasteiger charge is 2.34. The van der Waals surface area contributed by atoms with Gasteiger partial charge in [-0.2, -0.15) is 23.3 Å². The van der Waals surface area contributed by atoms with Gasteiger partial charge in [0.2, 0.25) is 5.95 Å². The quantitative estimate of drug-likeness (QED) is 0.362. The Morgan fingerprint density at radius 2 is 1.80 bits per heavy atom. The molecule has 160 valence electrons. The molecule has 2 N–H and O–H groups in total. The average molecular weight is 531 g/mol. The maximum absolute atomic E-state index is 13.5. The van der Waals surface area contributed by atoms with Crippen LogP contribution in [0.4, 0.5) is 30.8 Å². The maximum Gasteiger partial charge on any atom is 0.417 e.